The monoisotopic (exact) mass is 652 g/mol. The average Bonchev–Trinajstić information content (AvgIpc) is 3.60. The van der Waals surface area contributed by atoms with Crippen molar-refractivity contribution in [3.05, 3.63) is 181 Å². The van der Waals surface area contributed by atoms with Crippen LogP contribution in [0.25, 0.3) is 94.3 Å². The van der Waals surface area contributed by atoms with Gasteiger partial charge >= 0.3 is 0 Å². The summed E-state index contributed by atoms with van der Waals surface area (Å²) in [6, 6.07) is 57.1. The van der Waals surface area contributed by atoms with Crippen molar-refractivity contribution in [3.63, 3.8) is 0 Å². The maximum Gasteiger partial charge on any atom is 0.187 e. The van der Waals surface area contributed by atoms with Gasteiger partial charge in [-0.25, -0.2) is 19.8 Å². The van der Waals surface area contributed by atoms with Crippen molar-refractivity contribution >= 4 is 27.6 Å². The molecule has 238 valence electrons. The van der Waals surface area contributed by atoms with Gasteiger partial charge in [-0.1, -0.05) is 158 Å². The molecule has 0 fully saturated rings. The Labute approximate surface area is 295 Å². The third kappa shape index (κ3) is 5.51. The molecule has 51 heavy (non-hydrogen) atoms. The number of rotatable bonds is 6. The second-order valence-corrected chi connectivity index (χ2v) is 12.3. The van der Waals surface area contributed by atoms with E-state index >= 15 is 0 Å². The number of hydrogen-bond donors (Lipinski definition) is 0. The third-order valence-electron chi connectivity index (χ3n) is 9.21. The first-order valence-electron chi connectivity index (χ1n) is 16.7. The van der Waals surface area contributed by atoms with E-state index in [2.05, 4.69) is 71.6 Å². The van der Waals surface area contributed by atoms with E-state index in [0.29, 0.717) is 28.7 Å². The summed E-state index contributed by atoms with van der Waals surface area (Å²) in [4.78, 5) is 19.0. The lowest BCUT2D eigenvalue weighted by atomic mass is 9.90. The standard InChI is InChI=1S/C46H28N4O/c1-47-35-26-24-32(25-27-35)36-16-8-9-17-37(36)39-28-29-40-38-18-10-11-19-41(38)51-43(40)42(39)46-49-44(33-14-6-3-7-15-33)48-45(50-46)34-22-20-31(21-23-34)30-12-4-2-5-13-30/h2-29H. The van der Waals surface area contributed by atoms with Gasteiger partial charge in [-0.3, -0.25) is 0 Å². The first-order chi connectivity index (χ1) is 25.2. The molecule has 5 nitrogen and oxygen atoms in total. The molecule has 0 atom stereocenters. The van der Waals surface area contributed by atoms with Crippen molar-refractivity contribution in [2.75, 3.05) is 0 Å². The number of nitrogens with zero attached hydrogens (tertiary/aromatic N) is 4. The second-order valence-electron chi connectivity index (χ2n) is 12.3. The molecule has 5 heteroatoms. The average molecular weight is 653 g/mol. The van der Waals surface area contributed by atoms with Crippen molar-refractivity contribution in [1.82, 2.24) is 15.0 Å². The van der Waals surface area contributed by atoms with E-state index in [1.807, 2.05) is 103 Å². The first-order valence-corrected chi connectivity index (χ1v) is 16.7. The highest BCUT2D eigenvalue weighted by molar-refractivity contribution is 6.12. The van der Waals surface area contributed by atoms with E-state index < -0.39 is 0 Å². The number of benzene rings is 7. The van der Waals surface area contributed by atoms with E-state index in [-0.39, 0.29) is 0 Å². The fourth-order valence-electron chi connectivity index (χ4n) is 6.70. The molecule has 7 aromatic carbocycles. The van der Waals surface area contributed by atoms with Crippen LogP contribution in [0.15, 0.2) is 174 Å². The van der Waals surface area contributed by atoms with Crippen LogP contribution in [0.4, 0.5) is 5.69 Å². The van der Waals surface area contributed by atoms with E-state index in [1.54, 1.807) is 0 Å². The molecule has 9 aromatic rings. The molecule has 0 unspecified atom stereocenters. The minimum atomic E-state index is 0.517. The predicted molar refractivity (Wildman–Crippen MR) is 206 cm³/mol. The molecule has 0 spiro atoms. The molecule has 0 aliphatic carbocycles. The van der Waals surface area contributed by atoms with Gasteiger partial charge in [-0.2, -0.15) is 0 Å². The first kappa shape index (κ1) is 29.9. The molecule has 0 saturated carbocycles. The Kier molecular flexibility index (Phi) is 7.46. The van der Waals surface area contributed by atoms with Gasteiger partial charge in [0.2, 0.25) is 0 Å². The molecule has 0 bridgehead atoms. The number of hydrogen-bond acceptors (Lipinski definition) is 4. The van der Waals surface area contributed by atoms with E-state index in [0.717, 1.165) is 66.4 Å². The second kappa shape index (κ2) is 12.7. The Balaban J connectivity index is 1.31. The lowest BCUT2D eigenvalue weighted by Crippen LogP contribution is -2.01. The highest BCUT2D eigenvalue weighted by atomic mass is 16.3. The van der Waals surface area contributed by atoms with E-state index in [1.165, 1.54) is 0 Å². The summed E-state index contributed by atoms with van der Waals surface area (Å²) in [6.07, 6.45) is 0. The molecule has 0 saturated heterocycles. The summed E-state index contributed by atoms with van der Waals surface area (Å²) in [7, 11) is 0. The number of para-hydroxylation sites is 1. The van der Waals surface area contributed by atoms with Crippen LogP contribution in [0.5, 0.6) is 0 Å². The Morgan fingerprint density at radius 2 is 0.922 bits per heavy atom. The van der Waals surface area contributed by atoms with Crippen LogP contribution in [0.1, 0.15) is 0 Å². The third-order valence-corrected chi connectivity index (χ3v) is 9.21. The van der Waals surface area contributed by atoms with Gasteiger partial charge in [-0.05, 0) is 45.5 Å². The van der Waals surface area contributed by atoms with Gasteiger partial charge in [0, 0.05) is 21.9 Å². The van der Waals surface area contributed by atoms with E-state index in [4.69, 9.17) is 25.9 Å². The summed E-state index contributed by atoms with van der Waals surface area (Å²) in [5.41, 5.74) is 10.9. The van der Waals surface area contributed by atoms with Gasteiger partial charge in [0.1, 0.15) is 11.2 Å². The Hall–Kier alpha value is -7.16. The fourth-order valence-corrected chi connectivity index (χ4v) is 6.70. The summed E-state index contributed by atoms with van der Waals surface area (Å²) in [5.74, 6) is 1.66. The van der Waals surface area contributed by atoms with Crippen LogP contribution in [0.3, 0.4) is 0 Å². The normalized spacial score (nSPS) is 11.1. The molecule has 2 heterocycles. The number of fused-ring (bicyclic) bond motifs is 3. The Bertz CT molecular complexity index is 2730. The molecule has 2 aromatic heterocycles. The van der Waals surface area contributed by atoms with Crippen molar-refractivity contribution in [2.45, 2.75) is 0 Å². The number of furan rings is 1. The summed E-state index contributed by atoms with van der Waals surface area (Å²) >= 11 is 0. The fraction of sp³-hybridized carbons (Fsp3) is 0. The Morgan fingerprint density at radius 1 is 0.392 bits per heavy atom. The quantitative estimate of drug-likeness (QED) is 0.168. The molecular weight excluding hydrogens is 625 g/mol. The van der Waals surface area contributed by atoms with Crippen LogP contribution < -0.4 is 0 Å². The molecule has 0 aliphatic heterocycles. The van der Waals surface area contributed by atoms with Crippen LogP contribution in [0.2, 0.25) is 0 Å². The lowest BCUT2D eigenvalue weighted by Gasteiger charge is -2.16. The maximum absolute atomic E-state index is 7.45. The van der Waals surface area contributed by atoms with Crippen LogP contribution in [-0.4, -0.2) is 15.0 Å². The highest BCUT2D eigenvalue weighted by Crippen LogP contribution is 2.44. The van der Waals surface area contributed by atoms with Gasteiger partial charge in [0.05, 0.1) is 12.1 Å². The topological polar surface area (TPSA) is 56.2 Å². The van der Waals surface area contributed by atoms with Crippen molar-refractivity contribution < 1.29 is 4.42 Å². The van der Waals surface area contributed by atoms with Gasteiger partial charge < -0.3 is 4.42 Å². The van der Waals surface area contributed by atoms with Crippen LogP contribution in [0, 0.1) is 6.57 Å². The molecule has 0 N–H and O–H groups in total. The summed E-state index contributed by atoms with van der Waals surface area (Å²) in [6.45, 7) is 7.45. The summed E-state index contributed by atoms with van der Waals surface area (Å²) < 4.78 is 6.70. The minimum absolute atomic E-state index is 0.517. The molecule has 0 aliphatic rings. The lowest BCUT2D eigenvalue weighted by molar-refractivity contribution is 0.669. The zero-order valence-electron chi connectivity index (χ0n) is 27.4. The smallest absolute Gasteiger partial charge is 0.187 e. The van der Waals surface area contributed by atoms with Crippen molar-refractivity contribution in [1.29, 1.82) is 0 Å². The molecule has 0 amide bonds. The predicted octanol–water partition coefficient (Wildman–Crippen LogP) is 12.3. The molecular formula is C46H28N4O. The SMILES string of the molecule is [C-]#[N+]c1ccc(-c2ccccc2-c2ccc3c(oc4ccccc43)c2-c2nc(-c3ccccc3)nc(-c3ccc(-c4ccccc4)cc3)n2)cc1. The molecule has 0 radical (unpaired) electrons. The zero-order valence-corrected chi connectivity index (χ0v) is 27.4. The zero-order chi connectivity index (χ0) is 34.1. The minimum Gasteiger partial charge on any atom is -0.455 e. The summed E-state index contributed by atoms with van der Waals surface area (Å²) in [5, 5.41) is 2.01. The highest BCUT2D eigenvalue weighted by Gasteiger charge is 2.23. The maximum atomic E-state index is 7.45. The van der Waals surface area contributed by atoms with Gasteiger partial charge in [0.25, 0.3) is 0 Å². The van der Waals surface area contributed by atoms with Crippen LogP contribution in [-0.2, 0) is 0 Å². The largest absolute Gasteiger partial charge is 0.455 e. The Morgan fingerprint density at radius 3 is 1.63 bits per heavy atom. The van der Waals surface area contributed by atoms with Crippen molar-refractivity contribution in [3.8, 4) is 67.5 Å². The van der Waals surface area contributed by atoms with Gasteiger partial charge in [-0.15, -0.1) is 0 Å². The van der Waals surface area contributed by atoms with Crippen molar-refractivity contribution in [2.24, 2.45) is 0 Å². The number of aromatic nitrogens is 3. The van der Waals surface area contributed by atoms with E-state index in [9.17, 15) is 0 Å². The van der Waals surface area contributed by atoms with Crippen LogP contribution >= 0.6 is 0 Å². The molecule has 9 rings (SSSR count). The van der Waals surface area contributed by atoms with Gasteiger partial charge in [0.15, 0.2) is 23.2 Å².